The first-order valence-electron chi connectivity index (χ1n) is 11.0. The zero-order valence-corrected chi connectivity index (χ0v) is 19.7. The van der Waals surface area contributed by atoms with Gasteiger partial charge in [-0.05, 0) is 80.6 Å². The molecule has 166 valence electrons. The molecule has 4 nitrogen and oxygen atoms in total. The molecule has 3 atom stereocenters. The van der Waals surface area contributed by atoms with Crippen LogP contribution in [0.2, 0.25) is 10.0 Å². The molecule has 1 saturated carbocycles. The third-order valence-corrected chi connectivity index (χ3v) is 8.14. The summed E-state index contributed by atoms with van der Waals surface area (Å²) < 4.78 is 0. The zero-order chi connectivity index (χ0) is 22.2. The third kappa shape index (κ3) is 4.57. The molecule has 1 heterocycles. The minimum absolute atomic E-state index is 0.00765. The van der Waals surface area contributed by atoms with E-state index in [0.29, 0.717) is 28.1 Å². The van der Waals surface area contributed by atoms with Gasteiger partial charge >= 0.3 is 0 Å². The molecule has 0 bridgehead atoms. The fourth-order valence-corrected chi connectivity index (χ4v) is 5.91. The summed E-state index contributed by atoms with van der Waals surface area (Å²) in [6.45, 7) is 2.09. The minimum atomic E-state index is -0.00765. The highest BCUT2D eigenvalue weighted by Crippen LogP contribution is 2.50. The maximum Gasteiger partial charge on any atom is 0.226 e. The molecule has 1 aliphatic heterocycles. The van der Waals surface area contributed by atoms with Crippen LogP contribution in [0.15, 0.2) is 42.5 Å². The second kappa shape index (κ2) is 9.01. The molecule has 2 aromatic rings. The van der Waals surface area contributed by atoms with Crippen molar-refractivity contribution in [2.45, 2.75) is 43.6 Å². The number of fused-ring (bicyclic) bond motifs is 1. The van der Waals surface area contributed by atoms with Gasteiger partial charge in [-0.2, -0.15) is 0 Å². The summed E-state index contributed by atoms with van der Waals surface area (Å²) in [4.78, 5) is 17.5. The molecule has 1 aliphatic carbocycles. The number of amides is 1. The van der Waals surface area contributed by atoms with Gasteiger partial charge in [0.1, 0.15) is 5.75 Å². The van der Waals surface area contributed by atoms with Gasteiger partial charge in [0.15, 0.2) is 0 Å². The Hall–Kier alpha value is -1.75. The first-order valence-corrected chi connectivity index (χ1v) is 11.7. The number of benzene rings is 2. The summed E-state index contributed by atoms with van der Waals surface area (Å²) in [5.74, 6) is 0.944. The molecule has 2 aromatic carbocycles. The number of likely N-dealkylation sites (N-methyl/N-ethyl adjacent to an activating group) is 1. The molecule has 1 saturated heterocycles. The number of hydrogen-bond acceptors (Lipinski definition) is 3. The third-order valence-electron chi connectivity index (χ3n) is 7.40. The fourth-order valence-electron chi connectivity index (χ4n) is 5.59. The Morgan fingerprint density at radius 3 is 2.74 bits per heavy atom. The van der Waals surface area contributed by atoms with E-state index in [9.17, 15) is 9.90 Å². The van der Waals surface area contributed by atoms with Crippen LogP contribution in [0.5, 0.6) is 5.75 Å². The van der Waals surface area contributed by atoms with Gasteiger partial charge in [-0.15, -0.1) is 0 Å². The van der Waals surface area contributed by atoms with Gasteiger partial charge in [0.2, 0.25) is 5.91 Å². The predicted octanol–water partition coefficient (Wildman–Crippen LogP) is 5.14. The van der Waals surface area contributed by atoms with Crippen molar-refractivity contribution in [3.63, 3.8) is 0 Å². The Kier molecular flexibility index (Phi) is 6.52. The van der Waals surface area contributed by atoms with Crippen LogP contribution in [0.1, 0.15) is 36.8 Å². The number of phenolic OH excluding ortho intramolecular Hbond substituents is 1. The SMILES string of the molecule is CN1CC[C@@]2(c3cccc(O)c3)C[C@H](N(C)C(=O)Cc3ccc(Cl)c(Cl)c3)CC[C@@H]2C1. The molecule has 0 radical (unpaired) electrons. The zero-order valence-electron chi connectivity index (χ0n) is 18.2. The molecule has 2 fully saturated rings. The molecular weight excluding hydrogens is 431 g/mol. The monoisotopic (exact) mass is 460 g/mol. The van der Waals surface area contributed by atoms with E-state index in [0.717, 1.165) is 44.3 Å². The second-order valence-electron chi connectivity index (χ2n) is 9.28. The molecule has 2 aliphatic rings. The Bertz CT molecular complexity index is 966. The number of piperidine rings is 1. The lowest BCUT2D eigenvalue weighted by atomic mass is 9.58. The lowest BCUT2D eigenvalue weighted by molar-refractivity contribution is -0.133. The lowest BCUT2D eigenvalue weighted by Gasteiger charge is -2.53. The molecule has 6 heteroatoms. The van der Waals surface area contributed by atoms with Crippen molar-refractivity contribution in [2.75, 3.05) is 27.2 Å². The largest absolute Gasteiger partial charge is 0.508 e. The summed E-state index contributed by atoms with van der Waals surface area (Å²) in [7, 11) is 4.11. The van der Waals surface area contributed by atoms with Crippen LogP contribution in [-0.4, -0.2) is 54.0 Å². The number of likely N-dealkylation sites (tertiary alicyclic amines) is 1. The quantitative estimate of drug-likeness (QED) is 0.686. The summed E-state index contributed by atoms with van der Waals surface area (Å²) in [5.41, 5.74) is 2.08. The normalized spacial score (nSPS) is 26.3. The number of carbonyl (C=O) groups excluding carboxylic acids is 1. The van der Waals surface area contributed by atoms with Crippen molar-refractivity contribution in [1.29, 1.82) is 0 Å². The maximum absolute atomic E-state index is 13.1. The lowest BCUT2D eigenvalue weighted by Crippen LogP contribution is -2.55. The van der Waals surface area contributed by atoms with E-state index in [1.165, 1.54) is 5.56 Å². The molecule has 1 N–H and O–H groups in total. The fraction of sp³-hybridized carbons (Fsp3) is 0.480. The maximum atomic E-state index is 13.1. The number of carbonyl (C=O) groups is 1. The first kappa shape index (κ1) is 22.4. The van der Waals surface area contributed by atoms with Crippen LogP contribution >= 0.6 is 23.2 Å². The van der Waals surface area contributed by atoms with Crippen molar-refractivity contribution in [3.05, 3.63) is 63.6 Å². The van der Waals surface area contributed by atoms with Crippen LogP contribution in [-0.2, 0) is 16.6 Å². The summed E-state index contributed by atoms with van der Waals surface area (Å²) in [6.07, 6.45) is 4.37. The van der Waals surface area contributed by atoms with Crippen LogP contribution in [0.25, 0.3) is 0 Å². The van der Waals surface area contributed by atoms with Gasteiger partial charge in [-0.1, -0.05) is 41.4 Å². The summed E-state index contributed by atoms with van der Waals surface area (Å²) >= 11 is 12.1. The highest BCUT2D eigenvalue weighted by molar-refractivity contribution is 6.42. The van der Waals surface area contributed by atoms with Gasteiger partial charge < -0.3 is 14.9 Å². The van der Waals surface area contributed by atoms with Gasteiger partial charge in [-0.3, -0.25) is 4.79 Å². The number of aromatic hydroxyl groups is 1. The van der Waals surface area contributed by atoms with E-state index < -0.39 is 0 Å². The highest BCUT2D eigenvalue weighted by Gasteiger charge is 2.48. The van der Waals surface area contributed by atoms with Gasteiger partial charge in [-0.25, -0.2) is 0 Å². The van der Waals surface area contributed by atoms with Gasteiger partial charge in [0.25, 0.3) is 0 Å². The van der Waals surface area contributed by atoms with Crippen LogP contribution < -0.4 is 0 Å². The number of phenols is 1. The highest BCUT2D eigenvalue weighted by atomic mass is 35.5. The Balaban J connectivity index is 1.55. The van der Waals surface area contributed by atoms with Crippen LogP contribution in [0, 0.1) is 5.92 Å². The topological polar surface area (TPSA) is 43.8 Å². The summed E-state index contributed by atoms with van der Waals surface area (Å²) in [5, 5.41) is 11.1. The average molecular weight is 461 g/mol. The Labute approximate surface area is 194 Å². The molecule has 0 aromatic heterocycles. The Morgan fingerprint density at radius 1 is 1.19 bits per heavy atom. The second-order valence-corrected chi connectivity index (χ2v) is 10.1. The van der Waals surface area contributed by atoms with Gasteiger partial charge in [0, 0.05) is 25.0 Å². The minimum Gasteiger partial charge on any atom is -0.508 e. The van der Waals surface area contributed by atoms with Crippen molar-refractivity contribution >= 4 is 29.1 Å². The van der Waals surface area contributed by atoms with Crippen LogP contribution in [0.3, 0.4) is 0 Å². The number of halogens is 2. The molecule has 1 amide bonds. The molecule has 31 heavy (non-hydrogen) atoms. The van der Waals surface area contributed by atoms with E-state index in [2.05, 4.69) is 18.0 Å². The van der Waals surface area contributed by atoms with Gasteiger partial charge in [0.05, 0.1) is 16.5 Å². The Morgan fingerprint density at radius 2 is 2.00 bits per heavy atom. The van der Waals surface area contributed by atoms with E-state index in [4.69, 9.17) is 23.2 Å². The van der Waals surface area contributed by atoms with Crippen molar-refractivity contribution in [1.82, 2.24) is 9.80 Å². The van der Waals surface area contributed by atoms with E-state index in [1.54, 1.807) is 18.2 Å². The molecule has 0 spiro atoms. The van der Waals surface area contributed by atoms with Crippen molar-refractivity contribution in [3.8, 4) is 5.75 Å². The molecule has 4 rings (SSSR count). The molecule has 0 unspecified atom stereocenters. The number of hydrogen-bond donors (Lipinski definition) is 1. The van der Waals surface area contributed by atoms with E-state index in [1.807, 2.05) is 30.1 Å². The molecular formula is C25H30Cl2N2O2. The average Bonchev–Trinajstić information content (AvgIpc) is 2.75. The first-order chi connectivity index (χ1) is 14.8. The smallest absolute Gasteiger partial charge is 0.226 e. The van der Waals surface area contributed by atoms with Crippen LogP contribution in [0.4, 0.5) is 0 Å². The number of nitrogens with zero attached hydrogens (tertiary/aromatic N) is 2. The van der Waals surface area contributed by atoms with Crippen molar-refractivity contribution in [2.24, 2.45) is 5.92 Å². The van der Waals surface area contributed by atoms with Crippen molar-refractivity contribution < 1.29 is 9.90 Å². The van der Waals surface area contributed by atoms with E-state index >= 15 is 0 Å². The standard InChI is InChI=1S/C25H30Cl2N2O2/c1-28-11-10-25(18-4-3-5-21(30)14-18)15-20(8-7-19(25)16-28)29(2)24(31)13-17-6-9-22(26)23(27)12-17/h3-6,9,12,14,19-20,30H,7-8,10-11,13,15-16H2,1-2H3/t19-,20-,25+/m1/s1. The van der Waals surface area contributed by atoms with E-state index in [-0.39, 0.29) is 17.4 Å². The summed E-state index contributed by atoms with van der Waals surface area (Å²) in [6, 6.07) is 13.3. The number of rotatable bonds is 4. The predicted molar refractivity (Wildman–Crippen MR) is 126 cm³/mol.